The highest BCUT2D eigenvalue weighted by Crippen LogP contribution is 2.15. The van der Waals surface area contributed by atoms with E-state index in [4.69, 9.17) is 9.47 Å². The Morgan fingerprint density at radius 2 is 2.56 bits per heavy atom. The molecule has 1 saturated heterocycles. The van der Waals surface area contributed by atoms with Crippen molar-refractivity contribution in [2.45, 2.75) is 18.6 Å². The molecule has 0 saturated carbocycles. The van der Waals surface area contributed by atoms with E-state index in [-0.39, 0.29) is 12.1 Å². The predicted octanol–water partition coefficient (Wildman–Crippen LogP) is 0.942. The van der Waals surface area contributed by atoms with Gasteiger partial charge in [0.2, 0.25) is 0 Å². The second kappa shape index (κ2) is 5.36. The van der Waals surface area contributed by atoms with Gasteiger partial charge in [-0.05, 0) is 7.05 Å². The number of likely N-dealkylation sites (N-methyl/N-ethyl adjacent to an activating group) is 1. The van der Waals surface area contributed by atoms with Crippen LogP contribution in [0.25, 0.3) is 4.96 Å². The van der Waals surface area contributed by atoms with Crippen molar-refractivity contribution in [3.05, 3.63) is 23.5 Å². The maximum absolute atomic E-state index is 5.74. The van der Waals surface area contributed by atoms with E-state index < -0.39 is 0 Å². The lowest BCUT2D eigenvalue weighted by Crippen LogP contribution is -2.46. The van der Waals surface area contributed by atoms with Gasteiger partial charge in [-0.25, -0.2) is 4.98 Å². The van der Waals surface area contributed by atoms with Gasteiger partial charge in [-0.1, -0.05) is 0 Å². The predicted molar refractivity (Wildman–Crippen MR) is 70.2 cm³/mol. The fourth-order valence-corrected chi connectivity index (χ4v) is 2.98. The van der Waals surface area contributed by atoms with Gasteiger partial charge in [-0.2, -0.15) is 0 Å². The van der Waals surface area contributed by atoms with Crippen molar-refractivity contribution in [1.29, 1.82) is 0 Å². The van der Waals surface area contributed by atoms with E-state index in [9.17, 15) is 0 Å². The molecule has 2 atom stereocenters. The summed E-state index contributed by atoms with van der Waals surface area (Å²) in [6.07, 6.45) is 5.09. The molecule has 0 aromatic carbocycles. The number of imidazole rings is 1. The Hall–Kier alpha value is -0.950. The third-order valence-electron chi connectivity index (χ3n) is 3.23. The van der Waals surface area contributed by atoms with Crippen LogP contribution >= 0.6 is 11.3 Å². The fourth-order valence-electron chi connectivity index (χ4n) is 2.26. The molecular formula is C12H17N3O2S. The quantitative estimate of drug-likeness (QED) is 0.895. The minimum atomic E-state index is 0.114. The molecule has 2 aromatic heterocycles. The molecule has 18 heavy (non-hydrogen) atoms. The van der Waals surface area contributed by atoms with Crippen molar-refractivity contribution < 1.29 is 9.47 Å². The summed E-state index contributed by atoms with van der Waals surface area (Å²) < 4.78 is 13.3. The summed E-state index contributed by atoms with van der Waals surface area (Å²) in [5.74, 6) is 0. The van der Waals surface area contributed by atoms with Crippen LogP contribution in [0.3, 0.4) is 0 Å². The maximum Gasteiger partial charge on any atom is 0.193 e. The Balaban J connectivity index is 1.70. The van der Waals surface area contributed by atoms with Gasteiger partial charge < -0.3 is 14.8 Å². The molecule has 1 N–H and O–H groups in total. The van der Waals surface area contributed by atoms with E-state index in [1.807, 2.05) is 18.6 Å². The molecule has 3 rings (SSSR count). The fraction of sp³-hybridized carbons (Fsp3) is 0.583. The van der Waals surface area contributed by atoms with Gasteiger partial charge in [0.25, 0.3) is 0 Å². The molecular weight excluding hydrogens is 250 g/mol. The number of aromatic nitrogens is 2. The standard InChI is InChI=1S/C12H17N3O2S/c1-13-10(11-8-16-3-4-17-11)6-9-7-15-2-5-18-12(15)14-9/h2,5,7,10-11,13H,3-4,6,8H2,1H3. The molecule has 1 aliphatic rings. The number of ether oxygens (including phenoxy) is 2. The van der Waals surface area contributed by atoms with E-state index >= 15 is 0 Å². The molecule has 0 amide bonds. The summed E-state index contributed by atoms with van der Waals surface area (Å²) in [5.41, 5.74) is 1.09. The third-order valence-corrected chi connectivity index (χ3v) is 4.00. The number of nitrogens with zero attached hydrogens (tertiary/aromatic N) is 2. The number of thiazole rings is 1. The lowest BCUT2D eigenvalue weighted by Gasteiger charge is -2.29. The molecule has 1 fully saturated rings. The first kappa shape index (κ1) is 12.1. The summed E-state index contributed by atoms with van der Waals surface area (Å²) in [6, 6.07) is 0.245. The Morgan fingerprint density at radius 3 is 3.28 bits per heavy atom. The van der Waals surface area contributed by atoms with Gasteiger partial charge in [0.05, 0.1) is 31.6 Å². The van der Waals surface area contributed by atoms with Crippen molar-refractivity contribution in [1.82, 2.24) is 14.7 Å². The van der Waals surface area contributed by atoms with Gasteiger partial charge in [-0.15, -0.1) is 11.3 Å². The number of fused-ring (bicyclic) bond motifs is 1. The first-order valence-electron chi connectivity index (χ1n) is 6.14. The van der Waals surface area contributed by atoms with E-state index in [1.165, 1.54) is 0 Å². The second-order valence-electron chi connectivity index (χ2n) is 4.41. The third kappa shape index (κ3) is 2.42. The summed E-state index contributed by atoms with van der Waals surface area (Å²) in [7, 11) is 1.96. The minimum Gasteiger partial charge on any atom is -0.376 e. The Morgan fingerprint density at radius 1 is 1.61 bits per heavy atom. The number of rotatable bonds is 4. The first-order chi connectivity index (χ1) is 8.86. The molecule has 0 spiro atoms. The van der Waals surface area contributed by atoms with Crippen molar-refractivity contribution in [2.75, 3.05) is 26.9 Å². The highest BCUT2D eigenvalue weighted by atomic mass is 32.1. The number of nitrogens with one attached hydrogen (secondary N) is 1. The lowest BCUT2D eigenvalue weighted by atomic mass is 10.1. The Bertz CT molecular complexity index is 476. The molecule has 6 heteroatoms. The Labute approximate surface area is 110 Å². The van der Waals surface area contributed by atoms with E-state index in [1.54, 1.807) is 11.3 Å². The van der Waals surface area contributed by atoms with Gasteiger partial charge in [0, 0.05) is 30.2 Å². The second-order valence-corrected chi connectivity index (χ2v) is 5.28. The van der Waals surface area contributed by atoms with E-state index in [0.717, 1.165) is 17.1 Å². The average molecular weight is 267 g/mol. The lowest BCUT2D eigenvalue weighted by molar-refractivity contribution is -0.100. The average Bonchev–Trinajstić information content (AvgIpc) is 2.97. The molecule has 1 aliphatic heterocycles. The molecule has 5 nitrogen and oxygen atoms in total. The smallest absolute Gasteiger partial charge is 0.193 e. The van der Waals surface area contributed by atoms with Crippen LogP contribution in [-0.2, 0) is 15.9 Å². The number of hydrogen-bond acceptors (Lipinski definition) is 5. The van der Waals surface area contributed by atoms with Crippen LogP contribution < -0.4 is 5.32 Å². The highest BCUT2D eigenvalue weighted by Gasteiger charge is 2.24. The van der Waals surface area contributed by atoms with Crippen LogP contribution in [0.5, 0.6) is 0 Å². The zero-order valence-electron chi connectivity index (χ0n) is 10.3. The zero-order valence-corrected chi connectivity index (χ0v) is 11.2. The van der Waals surface area contributed by atoms with Gasteiger partial charge >= 0.3 is 0 Å². The minimum absolute atomic E-state index is 0.114. The SMILES string of the molecule is CNC(Cc1cn2ccsc2n1)C1COCCO1. The molecule has 2 aromatic rings. The van der Waals surface area contributed by atoms with Crippen LogP contribution in [0.1, 0.15) is 5.69 Å². The van der Waals surface area contributed by atoms with Gasteiger partial charge in [-0.3, -0.25) is 4.40 Å². The maximum atomic E-state index is 5.74. The normalized spacial score (nSPS) is 22.4. The summed E-state index contributed by atoms with van der Waals surface area (Å²) in [6.45, 7) is 2.04. The first-order valence-corrected chi connectivity index (χ1v) is 7.02. The molecule has 3 heterocycles. The van der Waals surface area contributed by atoms with E-state index in [0.29, 0.717) is 19.8 Å². The molecule has 0 radical (unpaired) electrons. The largest absolute Gasteiger partial charge is 0.376 e. The monoisotopic (exact) mass is 267 g/mol. The highest BCUT2D eigenvalue weighted by molar-refractivity contribution is 7.15. The van der Waals surface area contributed by atoms with Crippen molar-refractivity contribution in [2.24, 2.45) is 0 Å². The van der Waals surface area contributed by atoms with Gasteiger partial charge in [0.1, 0.15) is 0 Å². The van der Waals surface area contributed by atoms with E-state index in [2.05, 4.69) is 20.9 Å². The number of hydrogen-bond donors (Lipinski definition) is 1. The topological polar surface area (TPSA) is 47.8 Å². The van der Waals surface area contributed by atoms with Crippen molar-refractivity contribution in [3.63, 3.8) is 0 Å². The molecule has 0 aliphatic carbocycles. The van der Waals surface area contributed by atoms with Crippen LogP contribution in [-0.4, -0.2) is 48.4 Å². The molecule has 2 unspecified atom stereocenters. The summed E-state index contributed by atoms with van der Waals surface area (Å²) >= 11 is 1.65. The van der Waals surface area contributed by atoms with Crippen LogP contribution in [0.2, 0.25) is 0 Å². The van der Waals surface area contributed by atoms with Crippen molar-refractivity contribution >= 4 is 16.3 Å². The summed E-state index contributed by atoms with van der Waals surface area (Å²) in [5, 5.41) is 5.35. The van der Waals surface area contributed by atoms with Gasteiger partial charge in [0.15, 0.2) is 4.96 Å². The Kier molecular flexibility index (Phi) is 3.60. The van der Waals surface area contributed by atoms with Crippen molar-refractivity contribution in [3.8, 4) is 0 Å². The van der Waals surface area contributed by atoms with Crippen LogP contribution in [0.4, 0.5) is 0 Å². The van der Waals surface area contributed by atoms with Crippen LogP contribution in [0.15, 0.2) is 17.8 Å². The zero-order chi connectivity index (χ0) is 12.4. The van der Waals surface area contributed by atoms with Crippen LogP contribution in [0, 0.1) is 0 Å². The summed E-state index contributed by atoms with van der Waals surface area (Å²) in [4.78, 5) is 5.64. The molecule has 98 valence electrons. The molecule has 0 bridgehead atoms.